The summed E-state index contributed by atoms with van der Waals surface area (Å²) < 4.78 is 6.72. The van der Waals surface area contributed by atoms with E-state index in [-0.39, 0.29) is 29.7 Å². The largest absolute Gasteiger partial charge is 0.504 e. The number of para-hydroxylation sites is 1. The highest BCUT2D eigenvalue weighted by atomic mass is 16.7. The number of carboxylic acid groups (broad SMARTS) is 1. The molecule has 34 heavy (non-hydrogen) atoms. The first-order valence-electron chi connectivity index (χ1n) is 12.3. The summed E-state index contributed by atoms with van der Waals surface area (Å²) in [6.45, 7) is 1.00. The van der Waals surface area contributed by atoms with Crippen LogP contribution in [0.15, 0.2) is 36.4 Å². The molecule has 0 unspecified atom stereocenters. The lowest BCUT2D eigenvalue weighted by atomic mass is 9.51. The summed E-state index contributed by atoms with van der Waals surface area (Å²) in [4.78, 5) is 19.8. The van der Waals surface area contributed by atoms with Gasteiger partial charge in [0.15, 0.2) is 11.5 Å². The third kappa shape index (κ3) is 2.93. The van der Waals surface area contributed by atoms with E-state index >= 15 is 0 Å². The van der Waals surface area contributed by atoms with E-state index in [1.807, 2.05) is 29.3 Å². The molecule has 2 aliphatic carbocycles. The number of benzene rings is 2. The molecular formula is C27H32N2O5. The van der Waals surface area contributed by atoms with Crippen molar-refractivity contribution in [3.8, 4) is 11.5 Å². The van der Waals surface area contributed by atoms with Crippen LogP contribution in [0.2, 0.25) is 0 Å². The number of hydrogen-bond donors (Lipinski definition) is 2. The van der Waals surface area contributed by atoms with Crippen LogP contribution >= 0.6 is 0 Å². The van der Waals surface area contributed by atoms with Crippen LogP contribution < -0.4 is 9.80 Å². The van der Waals surface area contributed by atoms with E-state index < -0.39 is 5.97 Å². The lowest BCUT2D eigenvalue weighted by Crippen LogP contribution is -2.68. The maximum Gasteiger partial charge on any atom is 0.303 e. The molecule has 2 bridgehead atoms. The molecule has 7 heteroatoms. The monoisotopic (exact) mass is 464 g/mol. The normalized spacial score (nSPS) is 31.0. The zero-order chi connectivity index (χ0) is 23.6. The first-order chi connectivity index (χ1) is 16.5. The highest BCUT2D eigenvalue weighted by molar-refractivity contribution is 5.68. The molecule has 7 nitrogen and oxygen atoms in total. The summed E-state index contributed by atoms with van der Waals surface area (Å²) in [5, 5.41) is 22.0. The minimum Gasteiger partial charge on any atom is -0.504 e. The third-order valence-corrected chi connectivity index (χ3v) is 8.90. The van der Waals surface area contributed by atoms with Gasteiger partial charge >= 0.3 is 5.97 Å². The van der Waals surface area contributed by atoms with Crippen molar-refractivity contribution in [2.45, 2.75) is 62.1 Å². The van der Waals surface area contributed by atoms with Crippen molar-refractivity contribution in [1.29, 1.82) is 0 Å². The number of aryl methyl sites for hydroxylation is 1. The molecule has 5 atom stereocenters. The molecule has 2 N–H and O–H groups in total. The minimum absolute atomic E-state index is 0.0472. The Bertz CT molecular complexity index is 1140. The van der Waals surface area contributed by atoms with E-state index in [1.165, 1.54) is 11.1 Å². The molecular weight excluding hydrogens is 432 g/mol. The van der Waals surface area contributed by atoms with Gasteiger partial charge in [0, 0.05) is 23.4 Å². The second-order valence-corrected chi connectivity index (χ2v) is 10.3. The van der Waals surface area contributed by atoms with Crippen LogP contribution in [-0.2, 0) is 27.9 Å². The Morgan fingerprint density at radius 3 is 2.88 bits per heavy atom. The Morgan fingerprint density at radius 1 is 1.26 bits per heavy atom. The van der Waals surface area contributed by atoms with Gasteiger partial charge in [-0.2, -0.15) is 0 Å². The number of piperidine rings is 1. The van der Waals surface area contributed by atoms with Crippen LogP contribution in [0.5, 0.6) is 11.5 Å². The molecule has 2 fully saturated rings. The number of phenols is 1. The molecule has 6 rings (SSSR count). The first kappa shape index (κ1) is 21.7. The number of carbonyl (C=O) groups is 1. The van der Waals surface area contributed by atoms with Crippen molar-refractivity contribution >= 4 is 11.7 Å². The molecule has 2 heterocycles. The molecule has 0 amide bonds. The number of carboxylic acids is 1. The Kier molecular flexibility index (Phi) is 5.04. The first-order valence-corrected chi connectivity index (χ1v) is 12.3. The number of nitrogens with zero attached hydrogens (tertiary/aromatic N) is 2. The number of anilines is 1. The summed E-state index contributed by atoms with van der Waals surface area (Å²) in [5.41, 5.74) is 4.24. The molecule has 0 radical (unpaired) electrons. The lowest BCUT2D eigenvalue weighted by molar-refractivity contribution is -0.136. The topological polar surface area (TPSA) is 82.5 Å². The van der Waals surface area contributed by atoms with Gasteiger partial charge in [0.1, 0.15) is 6.10 Å². The van der Waals surface area contributed by atoms with E-state index in [1.54, 1.807) is 13.2 Å². The zero-order valence-corrected chi connectivity index (χ0v) is 19.7. The van der Waals surface area contributed by atoms with Gasteiger partial charge in [-0.1, -0.05) is 24.3 Å². The van der Waals surface area contributed by atoms with Gasteiger partial charge in [0.25, 0.3) is 0 Å². The second kappa shape index (κ2) is 7.89. The van der Waals surface area contributed by atoms with E-state index in [9.17, 15) is 15.0 Å². The number of aliphatic carboxylic acids is 1. The van der Waals surface area contributed by atoms with Crippen molar-refractivity contribution < 1.29 is 24.6 Å². The van der Waals surface area contributed by atoms with Crippen molar-refractivity contribution in [1.82, 2.24) is 4.90 Å². The molecule has 4 aliphatic rings. The summed E-state index contributed by atoms with van der Waals surface area (Å²) in [5.74, 6) is 0.556. The Morgan fingerprint density at radius 2 is 2.09 bits per heavy atom. The lowest BCUT2D eigenvalue weighted by Gasteiger charge is -2.59. The number of rotatable bonds is 6. The van der Waals surface area contributed by atoms with Gasteiger partial charge in [-0.05, 0) is 74.9 Å². The van der Waals surface area contributed by atoms with Gasteiger partial charge in [0.2, 0.25) is 0 Å². The number of likely N-dealkylation sites (tertiary alicyclic amines) is 1. The molecule has 0 aromatic heterocycles. The average molecular weight is 465 g/mol. The number of hydroxylamine groups is 1. The molecule has 1 spiro atoms. The van der Waals surface area contributed by atoms with Gasteiger partial charge in [0.05, 0.1) is 18.8 Å². The number of ether oxygens (including phenoxy) is 1. The maximum atomic E-state index is 11.3. The molecule has 2 aromatic rings. The highest BCUT2D eigenvalue weighted by Gasteiger charge is 2.66. The van der Waals surface area contributed by atoms with Gasteiger partial charge in [-0.15, -0.1) is 0 Å². The fraction of sp³-hybridized carbons (Fsp3) is 0.519. The summed E-state index contributed by atoms with van der Waals surface area (Å²) in [7, 11) is 3.92. The summed E-state index contributed by atoms with van der Waals surface area (Å²) in [6, 6.07) is 12.2. The van der Waals surface area contributed by atoms with E-state index in [4.69, 9.17) is 9.57 Å². The SMILES string of the molecule is CON(c1ccccc1CCC(=O)O)[C@H]1CC[C@H]2[C@H]3Cc4ccc(O)c5c4[C@@]2(CCN3C)[C@H]1O5. The highest BCUT2D eigenvalue weighted by Crippen LogP contribution is 2.64. The van der Waals surface area contributed by atoms with Crippen molar-refractivity contribution in [2.75, 3.05) is 25.8 Å². The van der Waals surface area contributed by atoms with Gasteiger partial charge in [-0.25, -0.2) is 5.06 Å². The average Bonchev–Trinajstić information content (AvgIpc) is 3.19. The van der Waals surface area contributed by atoms with Crippen LogP contribution in [-0.4, -0.2) is 60.0 Å². The predicted molar refractivity (Wildman–Crippen MR) is 127 cm³/mol. The predicted octanol–water partition coefficient (Wildman–Crippen LogP) is 3.52. The van der Waals surface area contributed by atoms with Crippen LogP contribution in [0, 0.1) is 5.92 Å². The minimum atomic E-state index is -0.810. The Hall–Kier alpha value is -2.77. The fourth-order valence-electron chi connectivity index (χ4n) is 7.54. The van der Waals surface area contributed by atoms with Crippen LogP contribution in [0.3, 0.4) is 0 Å². The second-order valence-electron chi connectivity index (χ2n) is 10.3. The van der Waals surface area contributed by atoms with E-state index in [0.717, 1.165) is 43.5 Å². The Labute approximate surface area is 199 Å². The van der Waals surface area contributed by atoms with Crippen molar-refractivity contribution in [3.05, 3.63) is 53.1 Å². The summed E-state index contributed by atoms with van der Waals surface area (Å²) >= 11 is 0. The van der Waals surface area contributed by atoms with Crippen LogP contribution in [0.1, 0.15) is 42.4 Å². The van der Waals surface area contributed by atoms with E-state index in [0.29, 0.717) is 24.1 Å². The van der Waals surface area contributed by atoms with E-state index in [2.05, 4.69) is 18.0 Å². The Balaban J connectivity index is 1.44. The zero-order valence-electron chi connectivity index (χ0n) is 19.7. The number of likely N-dealkylation sites (N-methyl/N-ethyl adjacent to an activating group) is 1. The van der Waals surface area contributed by atoms with Crippen molar-refractivity contribution in [3.63, 3.8) is 0 Å². The summed E-state index contributed by atoms with van der Waals surface area (Å²) in [6.07, 6.45) is 4.33. The van der Waals surface area contributed by atoms with Crippen LogP contribution in [0.25, 0.3) is 0 Å². The number of hydrogen-bond acceptors (Lipinski definition) is 6. The van der Waals surface area contributed by atoms with Gasteiger partial charge in [-0.3, -0.25) is 9.63 Å². The fourth-order valence-corrected chi connectivity index (χ4v) is 7.54. The van der Waals surface area contributed by atoms with Gasteiger partial charge < -0.3 is 19.8 Å². The molecule has 1 saturated carbocycles. The molecule has 2 aromatic carbocycles. The third-order valence-electron chi connectivity index (χ3n) is 8.90. The molecule has 2 aliphatic heterocycles. The molecule has 180 valence electrons. The number of phenolic OH excluding ortho intramolecular Hbond substituents is 1. The number of aromatic hydroxyl groups is 1. The maximum absolute atomic E-state index is 11.3. The quantitative estimate of drug-likeness (QED) is 0.633. The van der Waals surface area contributed by atoms with Crippen molar-refractivity contribution in [2.24, 2.45) is 5.92 Å². The van der Waals surface area contributed by atoms with Crippen LogP contribution in [0.4, 0.5) is 5.69 Å². The standard InChI is InChI=1S/C27H32N2O5/c1-28-14-13-27-18-9-10-20(29(33-2)19-6-4-3-5-16(19)8-12-23(31)32)26(27)34-25-22(30)11-7-17(24(25)27)15-21(18)28/h3-7,11,18,20-21,26,30H,8-10,12-15H2,1-2H3,(H,31,32)/t18-,20-,21+,26-,27-/m0/s1. The molecule has 1 saturated heterocycles. The smallest absolute Gasteiger partial charge is 0.303 e.